The van der Waals surface area contributed by atoms with Crippen molar-refractivity contribution in [1.29, 1.82) is 0 Å². The molecule has 0 fully saturated rings. The lowest BCUT2D eigenvalue weighted by atomic mass is 9.94. The minimum absolute atomic E-state index is 0.222. The summed E-state index contributed by atoms with van der Waals surface area (Å²) in [6.45, 7) is 5.81. The maximum atomic E-state index is 12.7. The number of fused-ring (bicyclic) bond motifs is 1. The lowest BCUT2D eigenvalue weighted by Gasteiger charge is -2.22. The molecular formula is C23H24N2O2. The van der Waals surface area contributed by atoms with Gasteiger partial charge in [0.25, 0.3) is 5.91 Å². The molecule has 0 heterocycles. The Labute approximate surface area is 159 Å². The summed E-state index contributed by atoms with van der Waals surface area (Å²) in [6.07, 6.45) is 0. The van der Waals surface area contributed by atoms with Crippen molar-refractivity contribution in [3.8, 4) is 11.1 Å². The molecule has 4 heteroatoms. The van der Waals surface area contributed by atoms with Gasteiger partial charge in [-0.2, -0.15) is 0 Å². The Balaban J connectivity index is 2.05. The van der Waals surface area contributed by atoms with Gasteiger partial charge in [0.2, 0.25) is 5.91 Å². The number of benzene rings is 3. The van der Waals surface area contributed by atoms with Gasteiger partial charge in [-0.15, -0.1) is 0 Å². The highest BCUT2D eigenvalue weighted by molar-refractivity contribution is 6.03. The molecule has 0 saturated carbocycles. The van der Waals surface area contributed by atoms with Crippen LogP contribution in [0.1, 0.15) is 28.4 Å². The average Bonchev–Trinajstić information content (AvgIpc) is 2.64. The van der Waals surface area contributed by atoms with Gasteiger partial charge < -0.3 is 10.6 Å². The summed E-state index contributed by atoms with van der Waals surface area (Å²) in [6, 6.07) is 17.6. The Morgan fingerprint density at radius 1 is 0.963 bits per heavy atom. The third-order valence-corrected chi connectivity index (χ3v) is 4.97. The molecule has 0 aromatic heterocycles. The van der Waals surface area contributed by atoms with Gasteiger partial charge in [-0.25, -0.2) is 0 Å². The van der Waals surface area contributed by atoms with E-state index in [0.717, 1.165) is 21.9 Å². The second kappa shape index (κ2) is 7.23. The van der Waals surface area contributed by atoms with Crippen molar-refractivity contribution < 1.29 is 9.59 Å². The van der Waals surface area contributed by atoms with Crippen molar-refractivity contribution in [2.75, 3.05) is 7.05 Å². The van der Waals surface area contributed by atoms with Crippen LogP contribution < -0.4 is 5.73 Å². The molecule has 0 aliphatic rings. The van der Waals surface area contributed by atoms with E-state index in [2.05, 4.69) is 38.1 Å². The monoisotopic (exact) mass is 360 g/mol. The Hall–Kier alpha value is -3.14. The van der Waals surface area contributed by atoms with Gasteiger partial charge in [0.15, 0.2) is 0 Å². The van der Waals surface area contributed by atoms with E-state index >= 15 is 0 Å². The summed E-state index contributed by atoms with van der Waals surface area (Å²) in [5.41, 5.74) is 10.6. The smallest absolute Gasteiger partial charge is 0.254 e. The molecular weight excluding hydrogens is 336 g/mol. The first-order valence-corrected chi connectivity index (χ1v) is 8.96. The molecule has 4 nitrogen and oxygen atoms in total. The van der Waals surface area contributed by atoms with Crippen LogP contribution in [0.25, 0.3) is 21.9 Å². The lowest BCUT2D eigenvalue weighted by Crippen LogP contribution is -2.43. The predicted octanol–water partition coefficient (Wildman–Crippen LogP) is 4.07. The summed E-state index contributed by atoms with van der Waals surface area (Å²) in [4.78, 5) is 25.4. The van der Waals surface area contributed by atoms with E-state index in [1.54, 1.807) is 20.0 Å². The topological polar surface area (TPSA) is 63.4 Å². The number of likely N-dealkylation sites (N-methyl/N-ethyl adjacent to an activating group) is 1. The largest absolute Gasteiger partial charge is 0.368 e. The van der Waals surface area contributed by atoms with Crippen molar-refractivity contribution in [3.05, 3.63) is 71.3 Å². The molecule has 3 rings (SSSR count). The number of nitrogens with zero attached hydrogens (tertiary/aromatic N) is 1. The SMILES string of the molecule is Cc1cc(C)cc(-c2cccc3cc(C(=O)N(C)C(C)C(N)=O)ccc23)c1. The summed E-state index contributed by atoms with van der Waals surface area (Å²) in [5, 5.41) is 2.07. The van der Waals surface area contributed by atoms with Gasteiger partial charge in [0.05, 0.1) is 0 Å². The van der Waals surface area contributed by atoms with E-state index in [-0.39, 0.29) is 5.91 Å². The average molecular weight is 360 g/mol. The highest BCUT2D eigenvalue weighted by Crippen LogP contribution is 2.30. The Morgan fingerprint density at radius 3 is 2.26 bits per heavy atom. The molecule has 1 unspecified atom stereocenters. The number of amides is 2. The van der Waals surface area contributed by atoms with E-state index in [4.69, 9.17) is 5.73 Å². The minimum Gasteiger partial charge on any atom is -0.368 e. The molecule has 138 valence electrons. The van der Waals surface area contributed by atoms with Crippen LogP contribution in [0.4, 0.5) is 0 Å². The third-order valence-electron chi connectivity index (χ3n) is 4.97. The lowest BCUT2D eigenvalue weighted by molar-refractivity contribution is -0.121. The predicted molar refractivity (Wildman–Crippen MR) is 110 cm³/mol. The molecule has 2 amide bonds. The molecule has 3 aromatic carbocycles. The van der Waals surface area contributed by atoms with Gasteiger partial charge in [0.1, 0.15) is 6.04 Å². The second-order valence-electron chi connectivity index (χ2n) is 7.11. The molecule has 0 radical (unpaired) electrons. The first-order chi connectivity index (χ1) is 12.8. The number of hydrogen-bond acceptors (Lipinski definition) is 2. The molecule has 1 atom stereocenters. The summed E-state index contributed by atoms with van der Waals surface area (Å²) in [7, 11) is 1.59. The molecule has 27 heavy (non-hydrogen) atoms. The first kappa shape index (κ1) is 18.6. The molecule has 0 spiro atoms. The Morgan fingerprint density at radius 2 is 1.63 bits per heavy atom. The first-order valence-electron chi connectivity index (χ1n) is 8.96. The molecule has 0 aliphatic heterocycles. The second-order valence-corrected chi connectivity index (χ2v) is 7.11. The number of aryl methyl sites for hydroxylation is 2. The van der Waals surface area contributed by atoms with Crippen molar-refractivity contribution in [1.82, 2.24) is 4.90 Å². The zero-order chi connectivity index (χ0) is 19.7. The Kier molecular flexibility index (Phi) is 5.00. The van der Waals surface area contributed by atoms with E-state index in [9.17, 15) is 9.59 Å². The standard InChI is InChI=1S/C23H24N2O2/c1-14-10-15(2)12-19(11-14)20-7-5-6-17-13-18(8-9-21(17)20)23(27)25(4)16(3)22(24)26/h5-13,16H,1-4H3,(H2,24,26). The number of hydrogen-bond donors (Lipinski definition) is 1. The minimum atomic E-state index is -0.658. The normalized spacial score (nSPS) is 12.0. The zero-order valence-corrected chi connectivity index (χ0v) is 16.1. The van der Waals surface area contributed by atoms with Gasteiger partial charge in [-0.05, 0) is 54.8 Å². The fraction of sp³-hybridized carbons (Fsp3) is 0.217. The summed E-state index contributed by atoms with van der Waals surface area (Å²) >= 11 is 0. The number of carbonyl (C=O) groups is 2. The zero-order valence-electron chi connectivity index (χ0n) is 16.1. The highest BCUT2D eigenvalue weighted by atomic mass is 16.2. The molecule has 2 N–H and O–H groups in total. The van der Waals surface area contributed by atoms with Crippen molar-refractivity contribution in [3.63, 3.8) is 0 Å². The maximum Gasteiger partial charge on any atom is 0.254 e. The van der Waals surface area contributed by atoms with Gasteiger partial charge in [-0.1, -0.05) is 53.6 Å². The van der Waals surface area contributed by atoms with Gasteiger partial charge in [-0.3, -0.25) is 9.59 Å². The van der Waals surface area contributed by atoms with E-state index < -0.39 is 11.9 Å². The molecule has 3 aromatic rings. The number of nitrogens with two attached hydrogens (primary N) is 1. The van der Waals surface area contributed by atoms with Crippen LogP contribution in [-0.4, -0.2) is 29.8 Å². The van der Waals surface area contributed by atoms with Crippen LogP contribution in [-0.2, 0) is 4.79 Å². The van der Waals surface area contributed by atoms with E-state index in [1.165, 1.54) is 16.0 Å². The fourth-order valence-corrected chi connectivity index (χ4v) is 3.37. The van der Waals surface area contributed by atoms with Crippen LogP contribution in [0.3, 0.4) is 0 Å². The quantitative estimate of drug-likeness (QED) is 0.762. The van der Waals surface area contributed by atoms with Crippen LogP contribution in [0.2, 0.25) is 0 Å². The van der Waals surface area contributed by atoms with Gasteiger partial charge >= 0.3 is 0 Å². The van der Waals surface area contributed by atoms with Gasteiger partial charge in [0, 0.05) is 12.6 Å². The highest BCUT2D eigenvalue weighted by Gasteiger charge is 2.21. The van der Waals surface area contributed by atoms with Crippen LogP contribution in [0.15, 0.2) is 54.6 Å². The molecule has 0 bridgehead atoms. The third kappa shape index (κ3) is 3.70. The van der Waals surface area contributed by atoms with Crippen LogP contribution >= 0.6 is 0 Å². The summed E-state index contributed by atoms with van der Waals surface area (Å²) < 4.78 is 0. The van der Waals surface area contributed by atoms with Crippen LogP contribution in [0, 0.1) is 13.8 Å². The van der Waals surface area contributed by atoms with Crippen LogP contribution in [0.5, 0.6) is 0 Å². The van der Waals surface area contributed by atoms with Crippen molar-refractivity contribution >= 4 is 22.6 Å². The number of carbonyl (C=O) groups excluding carboxylic acids is 2. The number of rotatable bonds is 4. The molecule has 0 saturated heterocycles. The molecule has 0 aliphatic carbocycles. The maximum absolute atomic E-state index is 12.7. The number of primary amides is 1. The Bertz CT molecular complexity index is 1020. The fourth-order valence-electron chi connectivity index (χ4n) is 3.37. The summed E-state index contributed by atoms with van der Waals surface area (Å²) in [5.74, 6) is -0.747. The van der Waals surface area contributed by atoms with Crippen molar-refractivity contribution in [2.24, 2.45) is 5.73 Å². The van der Waals surface area contributed by atoms with E-state index in [0.29, 0.717) is 5.56 Å². The van der Waals surface area contributed by atoms with E-state index in [1.807, 2.05) is 24.3 Å². The van der Waals surface area contributed by atoms with Crippen molar-refractivity contribution in [2.45, 2.75) is 26.8 Å².